The van der Waals surface area contributed by atoms with Crippen molar-refractivity contribution in [1.29, 1.82) is 0 Å². The first-order valence-electron chi connectivity index (χ1n) is 8.73. The molecule has 0 radical (unpaired) electrons. The summed E-state index contributed by atoms with van der Waals surface area (Å²) in [5.74, 6) is 0.615. The number of carbonyl (C=O) groups is 1. The van der Waals surface area contributed by atoms with Crippen molar-refractivity contribution in [2.75, 3.05) is 25.0 Å². The quantitative estimate of drug-likeness (QED) is 0.755. The van der Waals surface area contributed by atoms with Gasteiger partial charge < -0.3 is 10.6 Å². The van der Waals surface area contributed by atoms with Crippen LogP contribution in [-0.2, 0) is 0 Å². The highest BCUT2D eigenvalue weighted by Gasteiger charge is 2.18. The van der Waals surface area contributed by atoms with Crippen molar-refractivity contribution < 1.29 is 4.79 Å². The third-order valence-corrected chi connectivity index (χ3v) is 4.21. The van der Waals surface area contributed by atoms with Crippen LogP contribution in [0.15, 0.2) is 18.2 Å². The van der Waals surface area contributed by atoms with Gasteiger partial charge in [0.1, 0.15) is 0 Å². The van der Waals surface area contributed by atoms with E-state index in [9.17, 15) is 4.79 Å². The van der Waals surface area contributed by atoms with Gasteiger partial charge in [-0.3, -0.25) is 4.90 Å². The lowest BCUT2D eigenvalue weighted by atomic mass is 10.0. The molecule has 0 aliphatic carbocycles. The number of rotatable bonds is 8. The first kappa shape index (κ1) is 19.5. The van der Waals surface area contributed by atoms with E-state index in [4.69, 9.17) is 0 Å². The minimum atomic E-state index is -0.125. The summed E-state index contributed by atoms with van der Waals surface area (Å²) in [5, 5.41) is 6.01. The third-order valence-electron chi connectivity index (χ3n) is 4.21. The fourth-order valence-electron chi connectivity index (χ4n) is 2.89. The molecule has 0 bridgehead atoms. The number of hydrogen-bond acceptors (Lipinski definition) is 2. The second-order valence-corrected chi connectivity index (χ2v) is 6.66. The van der Waals surface area contributed by atoms with Gasteiger partial charge in [0.05, 0.1) is 0 Å². The molecular weight excluding hydrogens is 286 g/mol. The molecule has 1 aromatic rings. The van der Waals surface area contributed by atoms with E-state index in [0.29, 0.717) is 18.5 Å². The molecule has 0 saturated heterocycles. The number of benzene rings is 1. The van der Waals surface area contributed by atoms with Gasteiger partial charge in [-0.2, -0.15) is 0 Å². The zero-order chi connectivity index (χ0) is 17.4. The Morgan fingerprint density at radius 1 is 1.17 bits per heavy atom. The number of hydrogen-bond donors (Lipinski definition) is 2. The summed E-state index contributed by atoms with van der Waals surface area (Å²) in [6, 6.07) is 6.35. The highest BCUT2D eigenvalue weighted by molar-refractivity contribution is 5.90. The van der Waals surface area contributed by atoms with Gasteiger partial charge in [0.2, 0.25) is 0 Å². The van der Waals surface area contributed by atoms with Gasteiger partial charge in [0, 0.05) is 18.3 Å². The largest absolute Gasteiger partial charge is 0.336 e. The number of urea groups is 1. The zero-order valence-electron chi connectivity index (χ0n) is 15.6. The van der Waals surface area contributed by atoms with Crippen LogP contribution < -0.4 is 10.6 Å². The first-order chi connectivity index (χ1) is 10.9. The second-order valence-electron chi connectivity index (χ2n) is 6.66. The van der Waals surface area contributed by atoms with Crippen molar-refractivity contribution in [3.8, 4) is 0 Å². The molecule has 0 spiro atoms. The van der Waals surface area contributed by atoms with Crippen LogP contribution in [0.4, 0.5) is 10.5 Å². The van der Waals surface area contributed by atoms with E-state index in [-0.39, 0.29) is 6.03 Å². The number of likely N-dealkylation sites (N-methyl/N-ethyl adjacent to an activating group) is 1. The molecule has 4 heteroatoms. The summed E-state index contributed by atoms with van der Waals surface area (Å²) < 4.78 is 0. The van der Waals surface area contributed by atoms with E-state index in [1.807, 2.05) is 26.0 Å². The molecule has 0 saturated carbocycles. The SMILES string of the molecule is CCN(CC)[C@@H](CNC(=O)Nc1cc(C)ccc1C)CC(C)C. The van der Waals surface area contributed by atoms with Crippen molar-refractivity contribution in [2.45, 2.75) is 54.0 Å². The van der Waals surface area contributed by atoms with Crippen molar-refractivity contribution in [3.63, 3.8) is 0 Å². The Balaban J connectivity index is 2.62. The smallest absolute Gasteiger partial charge is 0.319 e. The molecule has 2 N–H and O–H groups in total. The highest BCUT2D eigenvalue weighted by Crippen LogP contribution is 2.16. The summed E-state index contributed by atoms with van der Waals surface area (Å²) in [6.07, 6.45) is 1.09. The van der Waals surface area contributed by atoms with Gasteiger partial charge in [-0.15, -0.1) is 0 Å². The normalized spacial score (nSPS) is 12.5. The van der Waals surface area contributed by atoms with Crippen LogP contribution in [0.25, 0.3) is 0 Å². The number of amides is 2. The van der Waals surface area contributed by atoms with E-state index < -0.39 is 0 Å². The molecular formula is C19H33N3O. The van der Waals surface area contributed by atoms with E-state index in [1.54, 1.807) is 0 Å². The standard InChI is InChI=1S/C19H33N3O/c1-7-22(8-2)17(11-14(3)4)13-20-19(23)21-18-12-15(5)9-10-16(18)6/h9-10,12,14,17H,7-8,11,13H2,1-6H3,(H2,20,21,23)/t17-/m1/s1. The fraction of sp³-hybridized carbons (Fsp3) is 0.632. The van der Waals surface area contributed by atoms with Crippen LogP contribution in [0.2, 0.25) is 0 Å². The van der Waals surface area contributed by atoms with Crippen molar-refractivity contribution in [1.82, 2.24) is 10.2 Å². The summed E-state index contributed by atoms with van der Waals surface area (Å²) >= 11 is 0. The van der Waals surface area contributed by atoms with Gasteiger partial charge in [0.15, 0.2) is 0 Å². The van der Waals surface area contributed by atoms with E-state index in [1.165, 1.54) is 0 Å². The molecule has 0 aromatic heterocycles. The van der Waals surface area contributed by atoms with Crippen molar-refractivity contribution in [3.05, 3.63) is 29.3 Å². The van der Waals surface area contributed by atoms with Crippen molar-refractivity contribution in [2.24, 2.45) is 5.92 Å². The number of aryl methyl sites for hydroxylation is 2. The Labute approximate surface area is 141 Å². The molecule has 0 heterocycles. The lowest BCUT2D eigenvalue weighted by Crippen LogP contribution is -2.45. The number of nitrogens with zero attached hydrogens (tertiary/aromatic N) is 1. The molecule has 0 unspecified atom stereocenters. The topological polar surface area (TPSA) is 44.4 Å². The third kappa shape index (κ3) is 6.61. The van der Waals surface area contributed by atoms with E-state index >= 15 is 0 Å². The molecule has 0 fully saturated rings. The molecule has 23 heavy (non-hydrogen) atoms. The fourth-order valence-corrected chi connectivity index (χ4v) is 2.89. The summed E-state index contributed by atoms with van der Waals surface area (Å²) in [6.45, 7) is 15.5. The van der Waals surface area contributed by atoms with Crippen LogP contribution in [-0.4, -0.2) is 36.6 Å². The average molecular weight is 319 g/mol. The van der Waals surface area contributed by atoms with Crippen LogP contribution in [0.1, 0.15) is 45.2 Å². The molecule has 0 aliphatic rings. The van der Waals surface area contributed by atoms with Gasteiger partial charge in [-0.1, -0.05) is 39.8 Å². The molecule has 0 aliphatic heterocycles. The van der Waals surface area contributed by atoms with Gasteiger partial charge in [-0.25, -0.2) is 4.79 Å². The van der Waals surface area contributed by atoms with Crippen LogP contribution in [0, 0.1) is 19.8 Å². The minimum absolute atomic E-state index is 0.125. The molecule has 1 rings (SSSR count). The maximum Gasteiger partial charge on any atom is 0.319 e. The predicted molar refractivity (Wildman–Crippen MR) is 99.1 cm³/mol. The zero-order valence-corrected chi connectivity index (χ0v) is 15.6. The maximum atomic E-state index is 12.2. The summed E-state index contributed by atoms with van der Waals surface area (Å²) in [5.41, 5.74) is 3.10. The molecule has 130 valence electrons. The number of anilines is 1. The Morgan fingerprint density at radius 2 is 1.83 bits per heavy atom. The van der Waals surface area contributed by atoms with Gasteiger partial charge >= 0.3 is 6.03 Å². The molecule has 4 nitrogen and oxygen atoms in total. The van der Waals surface area contributed by atoms with Gasteiger partial charge in [0.25, 0.3) is 0 Å². The lowest BCUT2D eigenvalue weighted by molar-refractivity contribution is 0.186. The number of carbonyl (C=O) groups excluding carboxylic acids is 1. The Kier molecular flexibility index (Phi) is 8.10. The van der Waals surface area contributed by atoms with Crippen molar-refractivity contribution >= 4 is 11.7 Å². The maximum absolute atomic E-state index is 12.2. The lowest BCUT2D eigenvalue weighted by Gasteiger charge is -2.31. The van der Waals surface area contributed by atoms with Crippen LogP contribution in [0.5, 0.6) is 0 Å². The average Bonchev–Trinajstić information content (AvgIpc) is 2.49. The monoisotopic (exact) mass is 319 g/mol. The molecule has 1 atom stereocenters. The van der Waals surface area contributed by atoms with Crippen LogP contribution >= 0.6 is 0 Å². The highest BCUT2D eigenvalue weighted by atomic mass is 16.2. The Hall–Kier alpha value is -1.55. The van der Waals surface area contributed by atoms with E-state index in [0.717, 1.165) is 36.3 Å². The van der Waals surface area contributed by atoms with E-state index in [2.05, 4.69) is 49.3 Å². The molecule has 2 amide bonds. The Bertz CT molecular complexity index is 495. The predicted octanol–water partition coefficient (Wildman–Crippen LogP) is 4.18. The second kappa shape index (κ2) is 9.56. The number of nitrogens with one attached hydrogen (secondary N) is 2. The molecule has 1 aromatic carbocycles. The van der Waals surface area contributed by atoms with Crippen LogP contribution in [0.3, 0.4) is 0 Å². The minimum Gasteiger partial charge on any atom is -0.336 e. The van der Waals surface area contributed by atoms with Gasteiger partial charge in [-0.05, 0) is 56.5 Å². The summed E-state index contributed by atoms with van der Waals surface area (Å²) in [4.78, 5) is 14.6. The summed E-state index contributed by atoms with van der Waals surface area (Å²) in [7, 11) is 0. The Morgan fingerprint density at radius 3 is 2.39 bits per heavy atom. The first-order valence-corrected chi connectivity index (χ1v) is 8.73.